The van der Waals surface area contributed by atoms with Gasteiger partial charge in [-0.2, -0.15) is 0 Å². The van der Waals surface area contributed by atoms with Crippen LogP contribution in [-0.2, 0) is 18.4 Å². The fourth-order valence-electron chi connectivity index (χ4n) is 8.50. The van der Waals surface area contributed by atoms with E-state index in [9.17, 15) is 50.0 Å². The van der Waals surface area contributed by atoms with Gasteiger partial charge in [0, 0.05) is 0 Å². The highest BCUT2D eigenvalue weighted by atomic mass is 31.2. The summed E-state index contributed by atoms with van der Waals surface area (Å²) in [5.74, 6) is -0.742. The Bertz CT molecular complexity index is 1070. The molecule has 0 aliphatic heterocycles. The predicted octanol–water partition coefficient (Wildman–Crippen LogP) is 9.21. The van der Waals surface area contributed by atoms with Crippen LogP contribution in [0, 0.1) is 0 Å². The molecule has 0 heterocycles. The maximum atomic E-state index is 13.1. The van der Waals surface area contributed by atoms with Crippen LogP contribution in [-0.4, -0.2) is 108 Å². The van der Waals surface area contributed by atoms with E-state index in [4.69, 9.17) is 9.05 Å². The summed E-state index contributed by atoms with van der Waals surface area (Å²) in [4.78, 5) is 23.6. The highest BCUT2D eigenvalue weighted by molar-refractivity contribution is 7.47. The van der Waals surface area contributed by atoms with Gasteiger partial charge in [0.25, 0.3) is 0 Å². The van der Waals surface area contributed by atoms with Crippen LogP contribution in [0.5, 0.6) is 0 Å². The van der Waals surface area contributed by atoms with Crippen molar-refractivity contribution in [1.82, 2.24) is 5.32 Å². The average molecular weight is 910 g/mol. The lowest BCUT2D eigenvalue weighted by Crippen LogP contribution is -2.64. The van der Waals surface area contributed by atoms with Gasteiger partial charge in [-0.1, -0.05) is 226 Å². The zero-order valence-corrected chi connectivity index (χ0v) is 40.2. The molecule has 1 rings (SSSR count). The third kappa shape index (κ3) is 29.0. The Labute approximate surface area is 377 Å². The molecule has 13 nitrogen and oxygen atoms in total. The SMILES string of the molecule is CCCCCCCCCCCCCCCCCCCCC(O)C(=O)N[C@@H](COP(=O)(O)OC1C(O)C(O)C(O)[C@@H](O)C1O)[C@H](O)CCCCCCCCCCCCCCCCC. The third-order valence-corrected chi connectivity index (χ3v) is 13.8. The number of unbranched alkanes of at least 4 members (excludes halogenated alkanes) is 31. The van der Waals surface area contributed by atoms with Gasteiger partial charge >= 0.3 is 7.82 Å². The number of hydrogen-bond donors (Lipinski definition) is 9. The van der Waals surface area contributed by atoms with Gasteiger partial charge in [-0.3, -0.25) is 13.8 Å². The lowest BCUT2D eigenvalue weighted by atomic mass is 9.85. The molecule has 9 N–H and O–H groups in total. The number of aliphatic hydroxyl groups excluding tert-OH is 7. The van der Waals surface area contributed by atoms with Crippen molar-refractivity contribution < 1.29 is 59.0 Å². The largest absolute Gasteiger partial charge is 0.472 e. The summed E-state index contributed by atoms with van der Waals surface area (Å²) in [6.07, 6.45) is 26.0. The van der Waals surface area contributed by atoms with Crippen LogP contribution in [0.1, 0.15) is 239 Å². The quantitative estimate of drug-likeness (QED) is 0.0206. The summed E-state index contributed by atoms with van der Waals surface area (Å²) in [5, 5.41) is 74.8. The monoisotopic (exact) mass is 910 g/mol. The van der Waals surface area contributed by atoms with Crippen LogP contribution in [0.4, 0.5) is 0 Å². The maximum Gasteiger partial charge on any atom is 0.472 e. The van der Waals surface area contributed by atoms with Gasteiger partial charge in [0.05, 0.1) is 18.8 Å². The molecule has 0 aromatic rings. The van der Waals surface area contributed by atoms with Crippen molar-refractivity contribution in [2.75, 3.05) is 6.61 Å². The van der Waals surface area contributed by atoms with Crippen molar-refractivity contribution in [3.8, 4) is 0 Å². The van der Waals surface area contributed by atoms with E-state index in [2.05, 4.69) is 19.2 Å². The number of hydrogen-bond acceptors (Lipinski definition) is 11. The Morgan fingerprint density at radius 2 is 0.774 bits per heavy atom. The third-order valence-electron chi connectivity index (χ3n) is 12.8. The van der Waals surface area contributed by atoms with Crippen molar-refractivity contribution in [3.05, 3.63) is 0 Å². The number of rotatable bonds is 43. The van der Waals surface area contributed by atoms with E-state index in [1.165, 1.54) is 154 Å². The minimum absolute atomic E-state index is 0.225. The van der Waals surface area contributed by atoms with E-state index in [0.717, 1.165) is 44.9 Å². The Balaban J connectivity index is 2.46. The fraction of sp³-hybridized carbons (Fsp3) is 0.979. The first-order chi connectivity index (χ1) is 29.9. The first-order valence-corrected chi connectivity index (χ1v) is 27.1. The zero-order valence-electron chi connectivity index (χ0n) is 39.3. The second-order valence-electron chi connectivity index (χ2n) is 18.5. The van der Waals surface area contributed by atoms with E-state index in [1.54, 1.807) is 0 Å². The van der Waals surface area contributed by atoms with Crippen molar-refractivity contribution in [2.45, 2.75) is 293 Å². The molecule has 0 spiro atoms. The fourth-order valence-corrected chi connectivity index (χ4v) is 9.47. The minimum Gasteiger partial charge on any atom is -0.391 e. The molecule has 370 valence electrons. The highest BCUT2D eigenvalue weighted by Crippen LogP contribution is 2.47. The van der Waals surface area contributed by atoms with Gasteiger partial charge in [0.1, 0.15) is 42.7 Å². The summed E-state index contributed by atoms with van der Waals surface area (Å²) in [6, 6.07) is -1.20. The Morgan fingerprint density at radius 1 is 0.484 bits per heavy atom. The summed E-state index contributed by atoms with van der Waals surface area (Å²) in [7, 11) is -5.13. The molecule has 0 aromatic carbocycles. The molecule has 7 unspecified atom stereocenters. The second-order valence-corrected chi connectivity index (χ2v) is 19.9. The Hall–Kier alpha value is -0.700. The molecule has 1 amide bonds. The van der Waals surface area contributed by atoms with Gasteiger partial charge in [-0.15, -0.1) is 0 Å². The van der Waals surface area contributed by atoms with Gasteiger partial charge < -0.3 is 46.0 Å². The van der Waals surface area contributed by atoms with Crippen LogP contribution in [0.2, 0.25) is 0 Å². The number of aliphatic hydroxyl groups is 7. The Kier molecular flexibility index (Phi) is 36.7. The van der Waals surface area contributed by atoms with E-state index in [0.29, 0.717) is 12.8 Å². The van der Waals surface area contributed by atoms with E-state index in [1.807, 2.05) is 0 Å². The number of carbonyl (C=O) groups is 1. The minimum atomic E-state index is -5.13. The van der Waals surface area contributed by atoms with E-state index >= 15 is 0 Å². The molecule has 0 bridgehead atoms. The second kappa shape index (κ2) is 38.4. The molecule has 14 heteroatoms. The Morgan fingerprint density at radius 3 is 1.11 bits per heavy atom. The molecular formula is C48H96NO12P. The van der Waals surface area contributed by atoms with Gasteiger partial charge in [0.15, 0.2) is 0 Å². The number of amides is 1. The number of carbonyl (C=O) groups excluding carboxylic acids is 1. The molecule has 1 aliphatic carbocycles. The summed E-state index contributed by atoms with van der Waals surface area (Å²) in [6.45, 7) is 3.79. The first-order valence-electron chi connectivity index (χ1n) is 25.6. The zero-order chi connectivity index (χ0) is 45.9. The molecule has 1 fully saturated rings. The molecule has 0 saturated heterocycles. The molecule has 0 radical (unpaired) electrons. The summed E-state index contributed by atoms with van der Waals surface area (Å²) >= 11 is 0. The summed E-state index contributed by atoms with van der Waals surface area (Å²) in [5.41, 5.74) is 0. The van der Waals surface area contributed by atoms with E-state index in [-0.39, 0.29) is 12.8 Å². The van der Waals surface area contributed by atoms with Crippen LogP contribution < -0.4 is 5.32 Å². The van der Waals surface area contributed by atoms with Crippen molar-refractivity contribution in [3.63, 3.8) is 0 Å². The van der Waals surface area contributed by atoms with Crippen LogP contribution in [0.3, 0.4) is 0 Å². The maximum absolute atomic E-state index is 13.1. The number of nitrogens with one attached hydrogen (secondary N) is 1. The lowest BCUT2D eigenvalue weighted by Gasteiger charge is -2.41. The van der Waals surface area contributed by atoms with Gasteiger partial charge in [0.2, 0.25) is 5.91 Å². The normalized spacial score (nSPS) is 22.9. The average Bonchev–Trinajstić information content (AvgIpc) is 3.25. The van der Waals surface area contributed by atoms with E-state index < -0.39 is 75.2 Å². The van der Waals surface area contributed by atoms with Crippen LogP contribution in [0.15, 0.2) is 0 Å². The highest BCUT2D eigenvalue weighted by Gasteiger charge is 2.51. The topological polar surface area (TPSA) is 226 Å². The number of phosphoric acid groups is 1. The van der Waals surface area contributed by atoms with Crippen molar-refractivity contribution in [2.24, 2.45) is 0 Å². The van der Waals surface area contributed by atoms with Crippen LogP contribution in [0.25, 0.3) is 0 Å². The molecule has 10 atom stereocenters. The first kappa shape index (κ1) is 59.3. The predicted molar refractivity (Wildman–Crippen MR) is 248 cm³/mol. The lowest BCUT2D eigenvalue weighted by molar-refractivity contribution is -0.220. The standard InChI is InChI=1S/C48H96NO12P/c1-3-5-7-9-11-13-15-17-19-20-21-23-25-27-29-31-33-35-37-41(51)48(57)49-39(38-60-62(58,59)61-47-45(55)43(53)42(52)44(54)46(47)56)40(50)36-34-32-30-28-26-24-22-18-16-14-12-10-8-6-4-2/h39-47,50-56H,3-38H2,1-2H3,(H,49,57)(H,58,59)/t39-,40+,41?,42?,43+,44?,45?,46?,47?/m0/s1. The van der Waals surface area contributed by atoms with Gasteiger partial charge in [-0.05, 0) is 12.8 Å². The molecule has 1 aliphatic rings. The van der Waals surface area contributed by atoms with Crippen molar-refractivity contribution >= 4 is 13.7 Å². The van der Waals surface area contributed by atoms with Crippen LogP contribution >= 0.6 is 7.82 Å². The van der Waals surface area contributed by atoms with Gasteiger partial charge in [-0.25, -0.2) is 4.57 Å². The summed E-state index contributed by atoms with van der Waals surface area (Å²) < 4.78 is 23.0. The molecule has 0 aromatic heterocycles. The number of phosphoric ester groups is 1. The smallest absolute Gasteiger partial charge is 0.391 e. The molecule has 1 saturated carbocycles. The molecule has 62 heavy (non-hydrogen) atoms. The van der Waals surface area contributed by atoms with Crippen molar-refractivity contribution in [1.29, 1.82) is 0 Å². The molecular weight excluding hydrogens is 813 g/mol.